The minimum Gasteiger partial charge on any atom is -0.447 e. The van der Waals surface area contributed by atoms with Crippen molar-refractivity contribution in [2.45, 2.75) is 18.6 Å². The molecule has 1 heterocycles. The summed E-state index contributed by atoms with van der Waals surface area (Å²) in [6.07, 6.45) is 0.760. The zero-order valence-corrected chi connectivity index (χ0v) is 9.87. The molecule has 1 N–H and O–H groups in total. The molecule has 1 saturated heterocycles. The van der Waals surface area contributed by atoms with Gasteiger partial charge in [0.05, 0.1) is 6.61 Å². The molecule has 0 aromatic rings. The molecule has 0 aromatic carbocycles. The van der Waals surface area contributed by atoms with Gasteiger partial charge in [0.2, 0.25) is 0 Å². The highest BCUT2D eigenvalue weighted by molar-refractivity contribution is 6.26. The molecule has 6 heteroatoms. The van der Waals surface area contributed by atoms with Crippen molar-refractivity contribution in [1.29, 1.82) is 0 Å². The van der Waals surface area contributed by atoms with Crippen LogP contribution in [0.4, 0.5) is 4.79 Å². The fourth-order valence-corrected chi connectivity index (χ4v) is 1.69. The van der Waals surface area contributed by atoms with Crippen LogP contribution in [0.5, 0.6) is 0 Å². The number of alkyl carbamates (subject to hydrolysis) is 1. The molecule has 1 fully saturated rings. The third-order valence-electron chi connectivity index (χ3n) is 1.85. The molecule has 5 nitrogen and oxygen atoms in total. The zero-order chi connectivity index (χ0) is 10.2. The number of rotatable bonds is 7. The van der Waals surface area contributed by atoms with Crippen molar-refractivity contribution < 1.29 is 18.7 Å². The lowest BCUT2D eigenvalue weighted by Gasteiger charge is -2.04. The van der Waals surface area contributed by atoms with Crippen LogP contribution in [0.1, 0.15) is 6.42 Å². The summed E-state index contributed by atoms with van der Waals surface area (Å²) in [5.74, 6) is 0. The first kappa shape index (κ1) is 11.5. The molecular formula is C8H17NO4Si. The third-order valence-corrected chi connectivity index (χ3v) is 3.04. The highest BCUT2D eigenvalue weighted by Crippen LogP contribution is 2.08. The van der Waals surface area contributed by atoms with Gasteiger partial charge in [-0.05, 0) is 12.5 Å². The van der Waals surface area contributed by atoms with Gasteiger partial charge in [0, 0.05) is 13.7 Å². The van der Waals surface area contributed by atoms with E-state index in [2.05, 4.69) is 5.32 Å². The monoisotopic (exact) mass is 219 g/mol. The van der Waals surface area contributed by atoms with Crippen LogP contribution in [-0.4, -0.2) is 48.8 Å². The fourth-order valence-electron chi connectivity index (χ4n) is 0.946. The van der Waals surface area contributed by atoms with Crippen molar-refractivity contribution in [3.8, 4) is 0 Å². The second kappa shape index (κ2) is 6.80. The molecule has 0 bridgehead atoms. The Kier molecular flexibility index (Phi) is 5.58. The topological polar surface area (TPSA) is 60.1 Å². The molecule has 1 rings (SSSR count). The zero-order valence-electron chi connectivity index (χ0n) is 8.45. The maximum absolute atomic E-state index is 11.0. The molecule has 82 valence electrons. The Morgan fingerprint density at radius 2 is 2.50 bits per heavy atom. The quantitative estimate of drug-likeness (QED) is 0.361. The first-order chi connectivity index (χ1) is 6.83. The van der Waals surface area contributed by atoms with E-state index in [4.69, 9.17) is 13.9 Å². The van der Waals surface area contributed by atoms with Crippen molar-refractivity contribution >= 4 is 15.9 Å². The summed E-state index contributed by atoms with van der Waals surface area (Å²) < 4.78 is 14.8. The second-order valence-corrected chi connectivity index (χ2v) is 4.87. The number of amides is 1. The van der Waals surface area contributed by atoms with Gasteiger partial charge in [-0.15, -0.1) is 0 Å². The summed E-state index contributed by atoms with van der Waals surface area (Å²) in [5.41, 5.74) is 0. The van der Waals surface area contributed by atoms with Crippen LogP contribution >= 0.6 is 0 Å². The molecule has 0 saturated carbocycles. The van der Waals surface area contributed by atoms with E-state index < -0.39 is 0 Å². The Morgan fingerprint density at radius 1 is 1.71 bits per heavy atom. The molecule has 1 aliphatic heterocycles. The Balaban J connectivity index is 1.81. The van der Waals surface area contributed by atoms with Crippen molar-refractivity contribution in [1.82, 2.24) is 5.32 Å². The highest BCUT2D eigenvalue weighted by Gasteiger charge is 2.23. The number of hydrogen-bond donors (Lipinski definition) is 1. The molecule has 1 aliphatic rings. The van der Waals surface area contributed by atoms with E-state index in [-0.39, 0.29) is 22.0 Å². The predicted molar refractivity (Wildman–Crippen MR) is 54.1 cm³/mol. The van der Waals surface area contributed by atoms with E-state index in [0.29, 0.717) is 19.8 Å². The van der Waals surface area contributed by atoms with Gasteiger partial charge in [0.1, 0.15) is 12.7 Å². The van der Waals surface area contributed by atoms with Crippen molar-refractivity contribution in [3.05, 3.63) is 0 Å². The maximum Gasteiger partial charge on any atom is 0.407 e. The molecule has 14 heavy (non-hydrogen) atoms. The van der Waals surface area contributed by atoms with Crippen molar-refractivity contribution in [3.63, 3.8) is 0 Å². The average molecular weight is 219 g/mol. The van der Waals surface area contributed by atoms with Crippen LogP contribution < -0.4 is 5.32 Å². The highest BCUT2D eigenvalue weighted by atomic mass is 28.2. The molecular weight excluding hydrogens is 202 g/mol. The fraction of sp³-hybridized carbons (Fsp3) is 0.875. The normalized spacial score (nSPS) is 19.9. The van der Waals surface area contributed by atoms with Crippen LogP contribution in [0.3, 0.4) is 0 Å². The van der Waals surface area contributed by atoms with E-state index in [1.807, 2.05) is 0 Å². The molecule has 0 spiro atoms. The summed E-state index contributed by atoms with van der Waals surface area (Å²) in [6, 6.07) is 1.09. The molecule has 1 atom stereocenters. The summed E-state index contributed by atoms with van der Waals surface area (Å²) in [4.78, 5) is 11.0. The molecule has 1 unspecified atom stereocenters. The molecule has 0 radical (unpaired) electrons. The van der Waals surface area contributed by atoms with E-state index in [0.717, 1.165) is 12.5 Å². The largest absolute Gasteiger partial charge is 0.447 e. The van der Waals surface area contributed by atoms with Gasteiger partial charge >= 0.3 is 6.09 Å². The minimum atomic E-state index is -0.350. The lowest BCUT2D eigenvalue weighted by molar-refractivity contribution is 0.136. The average Bonchev–Trinajstić information content (AvgIpc) is 2.98. The summed E-state index contributed by atoms with van der Waals surface area (Å²) in [6.45, 7) is 1.76. The Bertz CT molecular complexity index is 175. The smallest absolute Gasteiger partial charge is 0.407 e. The van der Waals surface area contributed by atoms with Gasteiger partial charge in [0.25, 0.3) is 0 Å². The molecule has 0 aromatic heterocycles. The lowest BCUT2D eigenvalue weighted by atomic mass is 10.5. The van der Waals surface area contributed by atoms with Crippen LogP contribution in [0.2, 0.25) is 6.04 Å². The molecule has 1 amide bonds. The maximum atomic E-state index is 11.0. The molecule has 0 aliphatic carbocycles. The minimum absolute atomic E-state index is 0.140. The van der Waals surface area contributed by atoms with Crippen molar-refractivity contribution in [2.75, 3.05) is 26.9 Å². The third kappa shape index (κ3) is 5.95. The first-order valence-electron chi connectivity index (χ1n) is 4.84. The van der Waals surface area contributed by atoms with E-state index >= 15 is 0 Å². The summed E-state index contributed by atoms with van der Waals surface area (Å²) in [7, 11) is 1.38. The van der Waals surface area contributed by atoms with Gasteiger partial charge in [-0.2, -0.15) is 0 Å². The van der Waals surface area contributed by atoms with Crippen LogP contribution in [-0.2, 0) is 13.9 Å². The van der Waals surface area contributed by atoms with Gasteiger partial charge < -0.3 is 19.2 Å². The van der Waals surface area contributed by atoms with Crippen molar-refractivity contribution in [2.24, 2.45) is 0 Å². The van der Waals surface area contributed by atoms with Gasteiger partial charge in [-0.25, -0.2) is 4.79 Å². The second-order valence-electron chi connectivity index (χ2n) is 3.18. The SMILES string of the molecule is CO[SiH2]CCCNC(=O)OCC1CO1. The Labute approximate surface area is 86.0 Å². The number of carbonyl (C=O) groups excluding carboxylic acids is 1. The summed E-state index contributed by atoms with van der Waals surface area (Å²) in [5, 5.41) is 2.67. The van der Waals surface area contributed by atoms with Crippen LogP contribution in [0.25, 0.3) is 0 Å². The number of carbonyl (C=O) groups is 1. The lowest BCUT2D eigenvalue weighted by Crippen LogP contribution is -2.26. The number of epoxide rings is 1. The Morgan fingerprint density at radius 3 is 3.14 bits per heavy atom. The summed E-state index contributed by atoms with van der Waals surface area (Å²) >= 11 is 0. The van der Waals surface area contributed by atoms with Crippen LogP contribution in [0.15, 0.2) is 0 Å². The van der Waals surface area contributed by atoms with Gasteiger partial charge in [-0.3, -0.25) is 0 Å². The predicted octanol–water partition coefficient (Wildman–Crippen LogP) is -0.350. The standard InChI is InChI=1S/C8H17NO4Si/c1-11-14-4-2-3-9-8(10)13-6-7-5-12-7/h7H,2-6,14H2,1H3,(H,9,10). The number of ether oxygens (including phenoxy) is 2. The number of nitrogens with one attached hydrogen (secondary N) is 1. The van der Waals surface area contributed by atoms with Gasteiger partial charge in [-0.1, -0.05) is 0 Å². The van der Waals surface area contributed by atoms with E-state index in [1.54, 1.807) is 7.11 Å². The van der Waals surface area contributed by atoms with Gasteiger partial charge in [0.15, 0.2) is 9.76 Å². The van der Waals surface area contributed by atoms with E-state index in [1.165, 1.54) is 0 Å². The van der Waals surface area contributed by atoms with E-state index in [9.17, 15) is 4.79 Å². The first-order valence-corrected chi connectivity index (χ1v) is 6.42. The Hall–Kier alpha value is -0.593. The van der Waals surface area contributed by atoms with Crippen LogP contribution in [0, 0.1) is 0 Å². The number of hydrogen-bond acceptors (Lipinski definition) is 4.